The van der Waals surface area contributed by atoms with E-state index >= 15 is 0 Å². The van der Waals surface area contributed by atoms with Gasteiger partial charge in [0.15, 0.2) is 16.6 Å². The van der Waals surface area contributed by atoms with Crippen molar-refractivity contribution in [3.63, 3.8) is 0 Å². The average molecular weight is 508 g/mol. The molecule has 2 aliphatic rings. The van der Waals surface area contributed by atoms with E-state index in [0.717, 1.165) is 64.4 Å². The molecule has 0 spiro atoms. The van der Waals surface area contributed by atoms with Crippen molar-refractivity contribution in [2.45, 2.75) is 37.4 Å². The number of imidazole rings is 1. The van der Waals surface area contributed by atoms with E-state index in [1.54, 1.807) is 11.3 Å². The molecule has 3 heterocycles. The number of nitrogens with one attached hydrogen (secondary N) is 2. The Morgan fingerprint density at radius 3 is 2.86 bits per heavy atom. The smallest absolute Gasteiger partial charge is 0.231 e. The van der Waals surface area contributed by atoms with Crippen molar-refractivity contribution in [2.75, 3.05) is 18.7 Å². The topological polar surface area (TPSA) is 73.2 Å². The van der Waals surface area contributed by atoms with Gasteiger partial charge in [0.05, 0.1) is 17.9 Å². The Hall–Kier alpha value is -3.07. The van der Waals surface area contributed by atoms with Crippen LogP contribution in [0, 0.1) is 0 Å². The van der Waals surface area contributed by atoms with E-state index in [-0.39, 0.29) is 18.4 Å². The molecule has 180 valence electrons. The Bertz CT molecular complexity index is 1300. The van der Waals surface area contributed by atoms with Crippen molar-refractivity contribution in [2.24, 2.45) is 0 Å². The van der Waals surface area contributed by atoms with Crippen molar-refractivity contribution >= 4 is 28.1 Å². The molecular formula is C26H26ClN5O2S. The first-order chi connectivity index (χ1) is 17.2. The first kappa shape index (κ1) is 22.4. The zero-order valence-corrected chi connectivity index (χ0v) is 20.7. The van der Waals surface area contributed by atoms with Crippen molar-refractivity contribution in [3.05, 3.63) is 88.4 Å². The molecule has 0 bridgehead atoms. The number of thiazole rings is 1. The molecule has 2 aromatic heterocycles. The lowest BCUT2D eigenvalue weighted by molar-refractivity contribution is 0.174. The molecule has 0 amide bonds. The maximum atomic E-state index is 6.61. The van der Waals surface area contributed by atoms with Gasteiger partial charge >= 0.3 is 0 Å². The maximum Gasteiger partial charge on any atom is 0.231 e. The van der Waals surface area contributed by atoms with Gasteiger partial charge in [-0.25, -0.2) is 9.97 Å². The predicted molar refractivity (Wildman–Crippen MR) is 137 cm³/mol. The number of fused-ring (bicyclic) bond motifs is 1. The number of anilines is 1. The van der Waals surface area contributed by atoms with Gasteiger partial charge in [-0.15, -0.1) is 11.3 Å². The maximum absolute atomic E-state index is 6.61. The van der Waals surface area contributed by atoms with Gasteiger partial charge in [0.25, 0.3) is 0 Å². The number of halogens is 1. The third-order valence-electron chi connectivity index (χ3n) is 6.55. The largest absolute Gasteiger partial charge is 0.454 e. The summed E-state index contributed by atoms with van der Waals surface area (Å²) in [6.07, 6.45) is 10.7. The summed E-state index contributed by atoms with van der Waals surface area (Å²) in [6, 6.07) is 14.2. The van der Waals surface area contributed by atoms with Crippen LogP contribution < -0.4 is 20.1 Å². The summed E-state index contributed by atoms with van der Waals surface area (Å²) in [6.45, 7) is 2.04. The van der Waals surface area contributed by atoms with Gasteiger partial charge in [0, 0.05) is 35.0 Å². The van der Waals surface area contributed by atoms with Gasteiger partial charge in [0.1, 0.15) is 0 Å². The van der Waals surface area contributed by atoms with Crippen molar-refractivity contribution in [1.82, 2.24) is 19.9 Å². The quantitative estimate of drug-likeness (QED) is 0.272. The first-order valence-electron chi connectivity index (χ1n) is 11.8. The number of benzene rings is 2. The minimum Gasteiger partial charge on any atom is -0.454 e. The minimum atomic E-state index is -0.103. The fraction of sp³-hybridized carbons (Fsp3) is 0.308. The molecule has 1 fully saturated rings. The van der Waals surface area contributed by atoms with E-state index in [4.69, 9.17) is 26.1 Å². The number of aromatic nitrogens is 3. The predicted octanol–water partition coefficient (Wildman–Crippen LogP) is 5.59. The molecule has 1 atom stereocenters. The Balaban J connectivity index is 1.19. The van der Waals surface area contributed by atoms with E-state index in [1.807, 2.05) is 49.2 Å². The lowest BCUT2D eigenvalue weighted by Crippen LogP contribution is -2.24. The van der Waals surface area contributed by atoms with Crippen LogP contribution in [0.25, 0.3) is 0 Å². The Morgan fingerprint density at radius 1 is 1.14 bits per heavy atom. The second kappa shape index (κ2) is 9.53. The molecule has 2 aromatic carbocycles. The number of aryl methyl sites for hydroxylation is 1. The van der Waals surface area contributed by atoms with Crippen LogP contribution >= 0.6 is 22.9 Å². The second-order valence-corrected chi connectivity index (χ2v) is 10.4. The summed E-state index contributed by atoms with van der Waals surface area (Å²) < 4.78 is 13.2. The molecular weight excluding hydrogens is 482 g/mol. The van der Waals surface area contributed by atoms with Crippen LogP contribution in [0.1, 0.15) is 41.3 Å². The minimum absolute atomic E-state index is 0.0276. The fourth-order valence-corrected chi connectivity index (χ4v) is 5.74. The highest BCUT2D eigenvalue weighted by Crippen LogP contribution is 2.51. The number of nitrogens with zero attached hydrogens (tertiary/aromatic N) is 3. The standard InChI is InChI=1S/C26H26ClN5O2S/c27-20-5-2-1-4-19(20)24(29-10-3-12-32-13-11-28-16-32)23-15-30-25(35-23)31-26(8-9-26)18-6-7-21-22(14-18)34-17-33-21/h1-2,4-7,11,13-16,24,29H,3,8-10,12,17H2,(H,30,31). The summed E-state index contributed by atoms with van der Waals surface area (Å²) in [5.74, 6) is 1.62. The highest BCUT2D eigenvalue weighted by molar-refractivity contribution is 7.15. The molecule has 7 nitrogen and oxygen atoms in total. The van der Waals surface area contributed by atoms with Crippen LogP contribution in [0.5, 0.6) is 11.5 Å². The highest BCUT2D eigenvalue weighted by atomic mass is 35.5. The lowest BCUT2D eigenvalue weighted by Gasteiger charge is -2.20. The van der Waals surface area contributed by atoms with Crippen LogP contribution in [-0.4, -0.2) is 27.9 Å². The summed E-state index contributed by atoms with van der Waals surface area (Å²) in [5, 5.41) is 9.07. The molecule has 2 N–H and O–H groups in total. The molecule has 35 heavy (non-hydrogen) atoms. The van der Waals surface area contributed by atoms with E-state index in [9.17, 15) is 0 Å². The zero-order valence-electron chi connectivity index (χ0n) is 19.1. The molecule has 0 radical (unpaired) electrons. The lowest BCUT2D eigenvalue weighted by atomic mass is 10.0. The Morgan fingerprint density at radius 2 is 2.03 bits per heavy atom. The molecule has 1 saturated carbocycles. The number of rotatable bonds is 10. The molecule has 6 rings (SSSR count). The number of ether oxygens (including phenoxy) is 2. The molecule has 0 saturated heterocycles. The second-order valence-electron chi connectivity index (χ2n) is 8.91. The van der Waals surface area contributed by atoms with E-state index in [0.29, 0.717) is 0 Å². The molecule has 9 heteroatoms. The van der Waals surface area contributed by atoms with Crippen LogP contribution in [0.15, 0.2) is 67.4 Å². The van der Waals surface area contributed by atoms with E-state index in [2.05, 4.69) is 38.4 Å². The highest BCUT2D eigenvalue weighted by Gasteiger charge is 2.45. The molecule has 1 unspecified atom stereocenters. The summed E-state index contributed by atoms with van der Waals surface area (Å²) in [7, 11) is 0. The van der Waals surface area contributed by atoms with Gasteiger partial charge < -0.3 is 24.7 Å². The van der Waals surface area contributed by atoms with Crippen LogP contribution in [0.3, 0.4) is 0 Å². The van der Waals surface area contributed by atoms with E-state index < -0.39 is 0 Å². The molecule has 1 aliphatic carbocycles. The molecule has 4 aromatic rings. The Kier molecular flexibility index (Phi) is 6.10. The van der Waals surface area contributed by atoms with Gasteiger partial charge in [-0.05, 0) is 55.1 Å². The van der Waals surface area contributed by atoms with Crippen molar-refractivity contribution in [1.29, 1.82) is 0 Å². The van der Waals surface area contributed by atoms with Crippen LogP contribution in [-0.2, 0) is 12.1 Å². The van der Waals surface area contributed by atoms with E-state index in [1.165, 1.54) is 5.56 Å². The fourth-order valence-electron chi connectivity index (χ4n) is 4.49. The van der Waals surface area contributed by atoms with Crippen LogP contribution in [0.2, 0.25) is 5.02 Å². The van der Waals surface area contributed by atoms with Gasteiger partial charge in [-0.1, -0.05) is 35.9 Å². The van der Waals surface area contributed by atoms with Gasteiger partial charge in [0.2, 0.25) is 6.79 Å². The third-order valence-corrected chi connectivity index (χ3v) is 7.87. The summed E-state index contributed by atoms with van der Waals surface area (Å²) in [4.78, 5) is 9.99. The summed E-state index contributed by atoms with van der Waals surface area (Å²) in [5.41, 5.74) is 2.16. The van der Waals surface area contributed by atoms with Gasteiger partial charge in [-0.3, -0.25) is 0 Å². The van der Waals surface area contributed by atoms with Crippen molar-refractivity contribution in [3.8, 4) is 11.5 Å². The monoisotopic (exact) mass is 507 g/mol. The van der Waals surface area contributed by atoms with Crippen molar-refractivity contribution < 1.29 is 9.47 Å². The zero-order chi connectivity index (χ0) is 23.7. The molecule has 1 aliphatic heterocycles. The Labute approximate surface area is 213 Å². The number of hydrogen-bond acceptors (Lipinski definition) is 7. The summed E-state index contributed by atoms with van der Waals surface area (Å²) >= 11 is 8.28. The first-order valence-corrected chi connectivity index (χ1v) is 13.0. The number of hydrogen-bond donors (Lipinski definition) is 2. The van der Waals surface area contributed by atoms with Gasteiger partial charge in [-0.2, -0.15) is 0 Å². The normalized spacial score (nSPS) is 16.3. The van der Waals surface area contributed by atoms with Crippen LogP contribution in [0.4, 0.5) is 5.13 Å². The third kappa shape index (κ3) is 4.74. The average Bonchev–Trinajstić information content (AvgIpc) is 3.27. The SMILES string of the molecule is Clc1ccccc1C(NCCCn1ccnc1)c1cnc(NC2(c3ccc4c(c3)OCO4)CC2)s1.